The smallest absolute Gasteiger partial charge is 0.252 e. The highest BCUT2D eigenvalue weighted by Gasteiger charge is 2.21. The van der Waals surface area contributed by atoms with Gasteiger partial charge in [0.15, 0.2) is 0 Å². The molecule has 21 heavy (non-hydrogen) atoms. The zero-order valence-corrected chi connectivity index (χ0v) is 14.3. The molecule has 1 aromatic carbocycles. The number of rotatable bonds is 6. The van der Waals surface area contributed by atoms with E-state index in [1.165, 1.54) is 12.8 Å². The first-order chi connectivity index (χ1) is 10.2. The molecule has 0 bridgehead atoms. The zero-order chi connectivity index (χ0) is 15.2. The third-order valence-corrected chi connectivity index (χ3v) is 4.74. The van der Waals surface area contributed by atoms with Crippen LogP contribution in [0.2, 0.25) is 0 Å². The number of carbonyl (C=O) groups is 1. The average Bonchev–Trinajstić information content (AvgIpc) is 3.02. The molecule has 1 N–H and O–H groups in total. The molecule has 0 aliphatic carbocycles. The van der Waals surface area contributed by atoms with Crippen LogP contribution in [0.4, 0.5) is 0 Å². The predicted octanol–water partition coefficient (Wildman–Crippen LogP) is 3.06. The summed E-state index contributed by atoms with van der Waals surface area (Å²) in [5.41, 5.74) is 0.616. The molecule has 1 aliphatic rings. The first kappa shape index (κ1) is 16.3. The molecule has 1 aliphatic heterocycles. The summed E-state index contributed by atoms with van der Waals surface area (Å²) in [4.78, 5) is 14.8. The van der Waals surface area contributed by atoms with E-state index in [4.69, 9.17) is 4.74 Å². The normalized spacial score (nSPS) is 16.7. The number of amides is 1. The third kappa shape index (κ3) is 4.20. The van der Waals surface area contributed by atoms with Crippen LogP contribution < -0.4 is 10.1 Å². The van der Waals surface area contributed by atoms with Crippen molar-refractivity contribution in [3.05, 3.63) is 28.2 Å². The average molecular weight is 355 g/mol. The minimum Gasteiger partial charge on any atom is -0.497 e. The van der Waals surface area contributed by atoms with Crippen LogP contribution in [0, 0.1) is 0 Å². The van der Waals surface area contributed by atoms with Crippen molar-refractivity contribution in [2.75, 3.05) is 26.7 Å². The summed E-state index contributed by atoms with van der Waals surface area (Å²) >= 11 is 3.42. The molecule has 0 radical (unpaired) electrons. The number of nitrogens with zero attached hydrogens (tertiary/aromatic N) is 1. The van der Waals surface area contributed by atoms with Gasteiger partial charge >= 0.3 is 0 Å². The first-order valence-electron chi connectivity index (χ1n) is 7.51. The molecule has 0 unspecified atom stereocenters. The molecule has 0 aromatic heterocycles. The Morgan fingerprint density at radius 1 is 1.43 bits per heavy atom. The molecular formula is C16H23BrN2O2. The van der Waals surface area contributed by atoms with Crippen LogP contribution in [0.15, 0.2) is 22.7 Å². The van der Waals surface area contributed by atoms with Gasteiger partial charge in [-0.2, -0.15) is 0 Å². The number of carbonyl (C=O) groups excluding carboxylic acids is 1. The number of nitrogens with one attached hydrogen (secondary N) is 1. The van der Waals surface area contributed by atoms with Gasteiger partial charge in [-0.3, -0.25) is 9.69 Å². The van der Waals surface area contributed by atoms with Gasteiger partial charge in [0, 0.05) is 17.1 Å². The van der Waals surface area contributed by atoms with Gasteiger partial charge in [0.25, 0.3) is 5.91 Å². The lowest BCUT2D eigenvalue weighted by atomic mass is 10.1. The summed E-state index contributed by atoms with van der Waals surface area (Å²) in [5, 5.41) is 3.05. The molecule has 1 heterocycles. The topological polar surface area (TPSA) is 41.6 Å². The summed E-state index contributed by atoms with van der Waals surface area (Å²) < 4.78 is 5.97. The monoisotopic (exact) mass is 354 g/mol. The molecule has 116 valence electrons. The van der Waals surface area contributed by atoms with Crippen LogP contribution in [-0.2, 0) is 0 Å². The molecule has 0 saturated carbocycles. The molecule has 1 fully saturated rings. The van der Waals surface area contributed by atoms with Gasteiger partial charge in [-0.25, -0.2) is 0 Å². The van der Waals surface area contributed by atoms with E-state index in [1.54, 1.807) is 13.2 Å². The molecule has 4 nitrogen and oxygen atoms in total. The van der Waals surface area contributed by atoms with E-state index < -0.39 is 0 Å². The van der Waals surface area contributed by atoms with Gasteiger partial charge in [0.1, 0.15) is 5.75 Å². The van der Waals surface area contributed by atoms with Gasteiger partial charge in [-0.15, -0.1) is 0 Å². The molecule has 1 aromatic rings. The zero-order valence-electron chi connectivity index (χ0n) is 12.7. The van der Waals surface area contributed by atoms with E-state index in [2.05, 4.69) is 33.1 Å². The number of benzene rings is 1. The predicted molar refractivity (Wildman–Crippen MR) is 87.9 cm³/mol. The standard InChI is InChI=1S/C16H23BrN2O2/c1-3-12(19-8-4-5-9-19)11-18-16(20)14-10-13(21-2)6-7-15(14)17/h6-7,10,12H,3-5,8-9,11H2,1-2H3,(H,18,20)/t12-/m1/s1. The SMILES string of the molecule is CC[C@H](CNC(=O)c1cc(OC)ccc1Br)N1CCCC1. The molecule has 2 rings (SSSR count). The fraction of sp³-hybridized carbons (Fsp3) is 0.562. The van der Waals surface area contributed by atoms with Crippen molar-refractivity contribution < 1.29 is 9.53 Å². The third-order valence-electron chi connectivity index (χ3n) is 4.04. The fourth-order valence-corrected chi connectivity index (χ4v) is 3.18. The summed E-state index contributed by atoms with van der Waals surface area (Å²) in [6, 6.07) is 5.86. The van der Waals surface area contributed by atoms with Gasteiger partial charge in [0.05, 0.1) is 12.7 Å². The maximum absolute atomic E-state index is 12.4. The number of methoxy groups -OCH3 is 1. The van der Waals surface area contributed by atoms with Crippen molar-refractivity contribution in [1.29, 1.82) is 0 Å². The number of likely N-dealkylation sites (tertiary alicyclic amines) is 1. The van der Waals surface area contributed by atoms with Crippen molar-refractivity contribution in [1.82, 2.24) is 10.2 Å². The minimum atomic E-state index is -0.0570. The number of ether oxygens (including phenoxy) is 1. The number of hydrogen-bond acceptors (Lipinski definition) is 3. The Labute approximate surface area is 135 Å². The molecule has 0 spiro atoms. The molecule has 1 saturated heterocycles. The Balaban J connectivity index is 1.97. The lowest BCUT2D eigenvalue weighted by Gasteiger charge is -2.26. The molecular weight excluding hydrogens is 332 g/mol. The second kappa shape index (κ2) is 7.80. The fourth-order valence-electron chi connectivity index (χ4n) is 2.75. The van der Waals surface area contributed by atoms with Crippen molar-refractivity contribution in [2.45, 2.75) is 32.2 Å². The van der Waals surface area contributed by atoms with Gasteiger partial charge < -0.3 is 10.1 Å². The highest BCUT2D eigenvalue weighted by atomic mass is 79.9. The maximum atomic E-state index is 12.4. The lowest BCUT2D eigenvalue weighted by Crippen LogP contribution is -2.42. The number of hydrogen-bond donors (Lipinski definition) is 1. The summed E-state index contributed by atoms with van der Waals surface area (Å²) in [5.74, 6) is 0.633. The molecule has 5 heteroatoms. The summed E-state index contributed by atoms with van der Waals surface area (Å²) in [6.07, 6.45) is 3.59. The second-order valence-electron chi connectivity index (χ2n) is 5.36. The Morgan fingerprint density at radius 3 is 2.76 bits per heavy atom. The van der Waals surface area contributed by atoms with E-state index in [9.17, 15) is 4.79 Å². The Kier molecular flexibility index (Phi) is 6.06. The maximum Gasteiger partial charge on any atom is 0.252 e. The second-order valence-corrected chi connectivity index (χ2v) is 6.22. The van der Waals surface area contributed by atoms with Gasteiger partial charge in [-0.05, 0) is 66.5 Å². The Hall–Kier alpha value is -1.07. The highest BCUT2D eigenvalue weighted by Crippen LogP contribution is 2.22. The van der Waals surface area contributed by atoms with Crippen LogP contribution in [0.3, 0.4) is 0 Å². The van der Waals surface area contributed by atoms with E-state index in [0.29, 0.717) is 23.9 Å². The van der Waals surface area contributed by atoms with Crippen LogP contribution in [0.25, 0.3) is 0 Å². The summed E-state index contributed by atoms with van der Waals surface area (Å²) in [7, 11) is 1.60. The van der Waals surface area contributed by atoms with Crippen molar-refractivity contribution >= 4 is 21.8 Å². The molecule has 1 amide bonds. The Morgan fingerprint density at radius 2 is 2.14 bits per heavy atom. The quantitative estimate of drug-likeness (QED) is 0.853. The van der Waals surface area contributed by atoms with Crippen molar-refractivity contribution in [3.63, 3.8) is 0 Å². The molecule has 1 atom stereocenters. The van der Waals surface area contributed by atoms with Crippen molar-refractivity contribution in [2.24, 2.45) is 0 Å². The summed E-state index contributed by atoms with van der Waals surface area (Å²) in [6.45, 7) is 5.17. The highest BCUT2D eigenvalue weighted by molar-refractivity contribution is 9.10. The van der Waals surface area contributed by atoms with E-state index in [0.717, 1.165) is 24.0 Å². The van der Waals surface area contributed by atoms with Gasteiger partial charge in [0.2, 0.25) is 0 Å². The van der Waals surface area contributed by atoms with E-state index in [1.807, 2.05) is 12.1 Å². The minimum absolute atomic E-state index is 0.0570. The van der Waals surface area contributed by atoms with Crippen molar-refractivity contribution in [3.8, 4) is 5.75 Å². The van der Waals surface area contributed by atoms with E-state index >= 15 is 0 Å². The van der Waals surface area contributed by atoms with Crippen LogP contribution >= 0.6 is 15.9 Å². The van der Waals surface area contributed by atoms with Crippen LogP contribution in [0.1, 0.15) is 36.5 Å². The van der Waals surface area contributed by atoms with Gasteiger partial charge in [-0.1, -0.05) is 6.92 Å². The van der Waals surface area contributed by atoms with Crippen LogP contribution in [0.5, 0.6) is 5.75 Å². The van der Waals surface area contributed by atoms with E-state index in [-0.39, 0.29) is 5.91 Å². The van der Waals surface area contributed by atoms with Crippen LogP contribution in [-0.4, -0.2) is 43.6 Å². The lowest BCUT2D eigenvalue weighted by molar-refractivity contribution is 0.0936. The number of halogens is 1. The Bertz CT molecular complexity index is 487. The first-order valence-corrected chi connectivity index (χ1v) is 8.30. The largest absolute Gasteiger partial charge is 0.497 e.